The molecule has 3 heterocycles. The van der Waals surface area contributed by atoms with Crippen molar-refractivity contribution in [1.29, 1.82) is 0 Å². The van der Waals surface area contributed by atoms with Crippen molar-refractivity contribution in [3.05, 3.63) is 46.7 Å². The highest BCUT2D eigenvalue weighted by molar-refractivity contribution is 6.30. The Bertz CT molecular complexity index is 815. The minimum Gasteiger partial charge on any atom is -0.347 e. The molecule has 0 N–H and O–H groups in total. The van der Waals surface area contributed by atoms with Crippen LogP contribution < -0.4 is 0 Å². The van der Waals surface area contributed by atoms with E-state index in [1.54, 1.807) is 6.20 Å². The Labute approximate surface area is 164 Å². The summed E-state index contributed by atoms with van der Waals surface area (Å²) in [6, 6.07) is 7.48. The van der Waals surface area contributed by atoms with Crippen LogP contribution in [0.25, 0.3) is 5.69 Å². The topological polar surface area (TPSA) is 56.6 Å². The van der Waals surface area contributed by atoms with Gasteiger partial charge in [0.05, 0.1) is 36.4 Å². The van der Waals surface area contributed by atoms with Crippen molar-refractivity contribution in [2.75, 3.05) is 26.3 Å². The minimum atomic E-state index is -0.481. The molecule has 2 saturated heterocycles. The molecule has 0 unspecified atom stereocenters. The van der Waals surface area contributed by atoms with Crippen LogP contribution in [0.1, 0.15) is 48.7 Å². The molecule has 0 aliphatic carbocycles. The molecule has 7 heteroatoms. The van der Waals surface area contributed by atoms with Gasteiger partial charge in [-0.2, -0.15) is 5.10 Å². The average Bonchev–Trinajstić information content (AvgIpc) is 3.30. The van der Waals surface area contributed by atoms with E-state index in [4.69, 9.17) is 21.1 Å². The molecular formula is C20H24ClN3O3. The van der Waals surface area contributed by atoms with Gasteiger partial charge >= 0.3 is 0 Å². The van der Waals surface area contributed by atoms with Crippen LogP contribution in [-0.2, 0) is 9.47 Å². The maximum absolute atomic E-state index is 13.2. The highest BCUT2D eigenvalue weighted by atomic mass is 35.5. The van der Waals surface area contributed by atoms with E-state index in [1.807, 2.05) is 33.8 Å². The predicted molar refractivity (Wildman–Crippen MR) is 102 cm³/mol. The van der Waals surface area contributed by atoms with Gasteiger partial charge in [-0.15, -0.1) is 0 Å². The lowest BCUT2D eigenvalue weighted by Gasteiger charge is -2.37. The summed E-state index contributed by atoms with van der Waals surface area (Å²) < 4.78 is 13.4. The first-order valence-corrected chi connectivity index (χ1v) is 9.78. The van der Waals surface area contributed by atoms with Crippen LogP contribution in [0.3, 0.4) is 0 Å². The molecule has 27 heavy (non-hydrogen) atoms. The molecule has 1 amide bonds. The van der Waals surface area contributed by atoms with Crippen LogP contribution in [0.2, 0.25) is 5.02 Å². The Balaban J connectivity index is 1.58. The molecule has 0 atom stereocenters. The van der Waals surface area contributed by atoms with Crippen LogP contribution in [0.15, 0.2) is 30.5 Å². The van der Waals surface area contributed by atoms with Crippen molar-refractivity contribution in [1.82, 2.24) is 14.7 Å². The monoisotopic (exact) mass is 389 g/mol. The number of carbonyl (C=O) groups is 1. The molecule has 1 spiro atoms. The molecule has 144 valence electrons. The second-order valence-electron chi connectivity index (χ2n) is 7.39. The molecule has 2 aromatic rings. The standard InChI is InChI=1S/C20H24ClN3O3/c1-14(2)18-17(13-22-24(18)16-5-3-15(21)4-6-16)19(25)23-9-7-20(8-10-23)26-11-12-27-20/h3-6,13-14H,7-12H2,1-2H3. The third-order valence-corrected chi connectivity index (χ3v) is 5.53. The number of piperidine rings is 1. The van der Waals surface area contributed by atoms with E-state index in [1.165, 1.54) is 0 Å². The largest absolute Gasteiger partial charge is 0.347 e. The molecule has 4 rings (SSSR count). The Morgan fingerprint density at radius 2 is 1.78 bits per heavy atom. The van der Waals surface area contributed by atoms with Crippen molar-refractivity contribution >= 4 is 17.5 Å². The third kappa shape index (κ3) is 3.49. The van der Waals surface area contributed by atoms with Crippen molar-refractivity contribution < 1.29 is 14.3 Å². The number of benzene rings is 1. The zero-order valence-corrected chi connectivity index (χ0v) is 16.4. The minimum absolute atomic E-state index is 0.0201. The molecule has 1 aromatic heterocycles. The second-order valence-corrected chi connectivity index (χ2v) is 7.82. The van der Waals surface area contributed by atoms with Crippen LogP contribution >= 0.6 is 11.6 Å². The van der Waals surface area contributed by atoms with E-state index in [0.29, 0.717) is 49.7 Å². The summed E-state index contributed by atoms with van der Waals surface area (Å²) in [5.74, 6) is -0.308. The fourth-order valence-electron chi connectivity index (χ4n) is 3.87. The fraction of sp³-hybridized carbons (Fsp3) is 0.500. The number of rotatable bonds is 3. The number of halogens is 1. The summed E-state index contributed by atoms with van der Waals surface area (Å²) in [5, 5.41) is 5.17. The lowest BCUT2D eigenvalue weighted by Crippen LogP contribution is -2.47. The Morgan fingerprint density at radius 3 is 2.37 bits per heavy atom. The molecule has 1 aromatic carbocycles. The second kappa shape index (κ2) is 7.26. The summed E-state index contributed by atoms with van der Waals surface area (Å²) in [4.78, 5) is 15.1. The van der Waals surface area contributed by atoms with Gasteiger partial charge in [0.25, 0.3) is 5.91 Å². The van der Waals surface area contributed by atoms with Crippen LogP contribution in [0.4, 0.5) is 0 Å². The zero-order chi connectivity index (χ0) is 19.0. The van der Waals surface area contributed by atoms with Crippen molar-refractivity contribution in [3.8, 4) is 5.69 Å². The fourth-order valence-corrected chi connectivity index (χ4v) is 4.00. The van der Waals surface area contributed by atoms with Gasteiger partial charge < -0.3 is 14.4 Å². The van der Waals surface area contributed by atoms with Gasteiger partial charge in [-0.1, -0.05) is 25.4 Å². The molecule has 0 radical (unpaired) electrons. The number of hydrogen-bond acceptors (Lipinski definition) is 4. The summed E-state index contributed by atoms with van der Waals surface area (Å²) in [7, 11) is 0. The molecule has 0 bridgehead atoms. The Kier molecular flexibility index (Phi) is 4.97. The van der Waals surface area contributed by atoms with E-state index >= 15 is 0 Å². The SMILES string of the molecule is CC(C)c1c(C(=O)N2CCC3(CC2)OCCO3)cnn1-c1ccc(Cl)cc1. The van der Waals surface area contributed by atoms with Gasteiger partial charge in [-0.05, 0) is 30.2 Å². The smallest absolute Gasteiger partial charge is 0.257 e. The highest BCUT2D eigenvalue weighted by Crippen LogP contribution is 2.32. The molecular weight excluding hydrogens is 366 g/mol. The normalized spacial score (nSPS) is 19.2. The first-order valence-electron chi connectivity index (χ1n) is 9.40. The number of hydrogen-bond donors (Lipinski definition) is 0. The van der Waals surface area contributed by atoms with Crippen LogP contribution in [-0.4, -0.2) is 52.7 Å². The first-order chi connectivity index (χ1) is 13.0. The van der Waals surface area contributed by atoms with E-state index in [2.05, 4.69) is 18.9 Å². The highest BCUT2D eigenvalue weighted by Gasteiger charge is 2.41. The van der Waals surface area contributed by atoms with Gasteiger partial charge in [0.15, 0.2) is 5.79 Å². The number of amides is 1. The van der Waals surface area contributed by atoms with E-state index < -0.39 is 5.79 Å². The average molecular weight is 390 g/mol. The van der Waals surface area contributed by atoms with Gasteiger partial charge in [0.2, 0.25) is 0 Å². The molecule has 6 nitrogen and oxygen atoms in total. The first kappa shape index (κ1) is 18.5. The number of carbonyl (C=O) groups excluding carboxylic acids is 1. The summed E-state index contributed by atoms with van der Waals surface area (Å²) in [6.45, 7) is 6.68. The lowest BCUT2D eigenvalue weighted by atomic mass is 10.0. The van der Waals surface area contributed by atoms with Crippen molar-refractivity contribution in [3.63, 3.8) is 0 Å². The van der Waals surface area contributed by atoms with Gasteiger partial charge in [0.1, 0.15) is 0 Å². The van der Waals surface area contributed by atoms with Crippen LogP contribution in [0.5, 0.6) is 0 Å². The van der Waals surface area contributed by atoms with Crippen LogP contribution in [0, 0.1) is 0 Å². The van der Waals surface area contributed by atoms with Crippen molar-refractivity contribution in [2.24, 2.45) is 0 Å². The van der Waals surface area contributed by atoms with E-state index in [0.717, 1.165) is 11.4 Å². The summed E-state index contributed by atoms with van der Waals surface area (Å²) >= 11 is 6.00. The number of aromatic nitrogens is 2. The Morgan fingerprint density at radius 1 is 1.15 bits per heavy atom. The lowest BCUT2D eigenvalue weighted by molar-refractivity contribution is -0.181. The molecule has 0 saturated carbocycles. The third-order valence-electron chi connectivity index (χ3n) is 5.28. The predicted octanol–water partition coefficient (Wildman–Crippen LogP) is 3.63. The van der Waals surface area contributed by atoms with Crippen molar-refractivity contribution in [2.45, 2.75) is 38.4 Å². The summed E-state index contributed by atoms with van der Waals surface area (Å²) in [5.41, 5.74) is 2.47. The maximum Gasteiger partial charge on any atom is 0.257 e. The number of nitrogens with zero attached hydrogens (tertiary/aromatic N) is 3. The van der Waals surface area contributed by atoms with Gasteiger partial charge in [0, 0.05) is 31.0 Å². The molecule has 2 aliphatic rings. The molecule has 2 fully saturated rings. The maximum atomic E-state index is 13.2. The van der Waals surface area contributed by atoms with E-state index in [9.17, 15) is 4.79 Å². The van der Waals surface area contributed by atoms with Gasteiger partial charge in [-0.3, -0.25) is 4.79 Å². The zero-order valence-electron chi connectivity index (χ0n) is 15.7. The van der Waals surface area contributed by atoms with Gasteiger partial charge in [-0.25, -0.2) is 4.68 Å². The number of likely N-dealkylation sites (tertiary alicyclic amines) is 1. The number of ether oxygens (including phenoxy) is 2. The molecule has 2 aliphatic heterocycles. The quantitative estimate of drug-likeness (QED) is 0.804. The van der Waals surface area contributed by atoms with E-state index in [-0.39, 0.29) is 11.8 Å². The summed E-state index contributed by atoms with van der Waals surface area (Å²) in [6.07, 6.45) is 3.10. The Hall–Kier alpha value is -1.89.